The highest BCUT2D eigenvalue weighted by atomic mass is 32.1. The molecule has 0 aromatic rings. The molecule has 0 bridgehead atoms. The normalized spacial score (nSPS) is 17.8. The molecule has 180 valence electrons. The van der Waals surface area contributed by atoms with Gasteiger partial charge in [-0.05, 0) is 37.0 Å². The summed E-state index contributed by atoms with van der Waals surface area (Å²) in [5.41, 5.74) is -0.689. The Balaban J connectivity index is 5.79. The monoisotopic (exact) mass is 442 g/mol. The molecule has 2 nitrogen and oxygen atoms in total. The third-order valence-corrected chi connectivity index (χ3v) is 8.26. The van der Waals surface area contributed by atoms with Crippen molar-refractivity contribution in [1.82, 2.24) is 0 Å². The van der Waals surface area contributed by atoms with E-state index in [9.17, 15) is 9.90 Å². The van der Waals surface area contributed by atoms with E-state index in [1.165, 1.54) is 44.9 Å². The van der Waals surface area contributed by atoms with Gasteiger partial charge in [-0.3, -0.25) is 4.79 Å². The number of thiol groups is 1. The maximum atomic E-state index is 12.9. The van der Waals surface area contributed by atoms with Crippen molar-refractivity contribution in [3.8, 4) is 0 Å². The van der Waals surface area contributed by atoms with Crippen molar-refractivity contribution in [1.29, 1.82) is 0 Å². The lowest BCUT2D eigenvalue weighted by Gasteiger charge is -2.41. The van der Waals surface area contributed by atoms with Crippen LogP contribution in [0.3, 0.4) is 0 Å². The highest BCUT2D eigenvalue weighted by Gasteiger charge is 2.46. The second-order valence-electron chi connectivity index (χ2n) is 9.87. The van der Waals surface area contributed by atoms with E-state index in [0.717, 1.165) is 51.4 Å². The summed E-state index contributed by atoms with van der Waals surface area (Å²) in [6, 6.07) is 0. The molecule has 0 aromatic carbocycles. The van der Waals surface area contributed by atoms with Crippen LogP contribution in [0.4, 0.5) is 0 Å². The fourth-order valence-corrected chi connectivity index (χ4v) is 5.73. The predicted octanol–water partition coefficient (Wildman–Crippen LogP) is 9.18. The molecule has 0 heterocycles. The Morgan fingerprint density at radius 2 is 1.10 bits per heavy atom. The Labute approximate surface area is 194 Å². The zero-order valence-corrected chi connectivity index (χ0v) is 22.1. The summed E-state index contributed by atoms with van der Waals surface area (Å²) in [7, 11) is 0. The summed E-state index contributed by atoms with van der Waals surface area (Å²) in [5.74, 6) is 1.00. The SMILES string of the molecule is CCCCC(CC)CC(S)C(CC(CC)CCCC)(CC(CC)CCCC)C(=O)O. The van der Waals surface area contributed by atoms with Gasteiger partial charge >= 0.3 is 5.97 Å². The zero-order valence-electron chi connectivity index (χ0n) is 21.2. The molecule has 0 aromatic heterocycles. The fraction of sp³-hybridized carbons (Fsp3) is 0.963. The molecule has 0 saturated heterocycles. The van der Waals surface area contributed by atoms with E-state index < -0.39 is 11.4 Å². The number of carboxylic acids is 1. The predicted molar refractivity (Wildman–Crippen MR) is 137 cm³/mol. The third kappa shape index (κ3) is 10.4. The molecule has 0 aliphatic heterocycles. The van der Waals surface area contributed by atoms with Gasteiger partial charge in [0.2, 0.25) is 0 Å². The largest absolute Gasteiger partial charge is 0.481 e. The third-order valence-electron chi connectivity index (χ3n) is 7.56. The topological polar surface area (TPSA) is 37.3 Å². The molecular formula is C27H54O2S. The van der Waals surface area contributed by atoms with Gasteiger partial charge in [0.1, 0.15) is 0 Å². The Kier molecular flexibility index (Phi) is 17.3. The van der Waals surface area contributed by atoms with Crippen molar-refractivity contribution in [2.45, 2.75) is 143 Å². The number of hydrogen-bond donors (Lipinski definition) is 2. The summed E-state index contributed by atoms with van der Waals surface area (Å²) in [5, 5.41) is 10.6. The van der Waals surface area contributed by atoms with E-state index >= 15 is 0 Å². The summed E-state index contributed by atoms with van der Waals surface area (Å²) >= 11 is 5.09. The minimum atomic E-state index is -0.689. The first-order chi connectivity index (χ1) is 14.3. The average molecular weight is 443 g/mol. The lowest BCUT2D eigenvalue weighted by Crippen LogP contribution is -2.44. The van der Waals surface area contributed by atoms with Crippen LogP contribution in [-0.4, -0.2) is 16.3 Å². The van der Waals surface area contributed by atoms with Crippen LogP contribution in [0.25, 0.3) is 0 Å². The minimum absolute atomic E-state index is 0.0526. The molecule has 30 heavy (non-hydrogen) atoms. The van der Waals surface area contributed by atoms with Crippen LogP contribution in [0.5, 0.6) is 0 Å². The van der Waals surface area contributed by atoms with Crippen LogP contribution in [0, 0.1) is 23.2 Å². The molecule has 0 amide bonds. The fourth-order valence-electron chi connectivity index (χ4n) is 5.11. The molecule has 3 heteroatoms. The van der Waals surface area contributed by atoms with E-state index in [2.05, 4.69) is 41.5 Å². The summed E-state index contributed by atoms with van der Waals surface area (Å²) in [6.07, 6.45) is 16.6. The quantitative estimate of drug-likeness (QED) is 0.184. The lowest BCUT2D eigenvalue weighted by atomic mass is 9.66. The van der Waals surface area contributed by atoms with Crippen molar-refractivity contribution in [3.05, 3.63) is 0 Å². The minimum Gasteiger partial charge on any atom is -0.481 e. The van der Waals surface area contributed by atoms with Crippen LogP contribution < -0.4 is 0 Å². The number of rotatable bonds is 20. The molecule has 0 fully saturated rings. The lowest BCUT2D eigenvalue weighted by molar-refractivity contribution is -0.152. The summed E-state index contributed by atoms with van der Waals surface area (Å²) in [6.45, 7) is 13.4. The van der Waals surface area contributed by atoms with E-state index in [1.807, 2.05) is 0 Å². The van der Waals surface area contributed by atoms with E-state index in [-0.39, 0.29) is 5.25 Å². The van der Waals surface area contributed by atoms with Gasteiger partial charge in [-0.25, -0.2) is 0 Å². The number of carbonyl (C=O) groups is 1. The van der Waals surface area contributed by atoms with Gasteiger partial charge in [0, 0.05) is 5.25 Å². The molecule has 4 atom stereocenters. The second kappa shape index (κ2) is 17.4. The van der Waals surface area contributed by atoms with E-state index in [1.54, 1.807) is 0 Å². The highest BCUT2D eigenvalue weighted by Crippen LogP contribution is 2.46. The number of hydrogen-bond acceptors (Lipinski definition) is 2. The number of unbranched alkanes of at least 4 members (excludes halogenated alkanes) is 3. The van der Waals surface area contributed by atoms with Crippen molar-refractivity contribution < 1.29 is 9.90 Å². The van der Waals surface area contributed by atoms with Crippen molar-refractivity contribution in [2.75, 3.05) is 0 Å². The molecule has 1 N–H and O–H groups in total. The Hall–Kier alpha value is -0.180. The van der Waals surface area contributed by atoms with Gasteiger partial charge in [-0.2, -0.15) is 12.6 Å². The molecule has 0 aliphatic carbocycles. The first-order valence-corrected chi connectivity index (χ1v) is 13.8. The molecule has 0 aliphatic rings. The van der Waals surface area contributed by atoms with Crippen LogP contribution in [0.2, 0.25) is 0 Å². The van der Waals surface area contributed by atoms with Crippen LogP contribution in [-0.2, 0) is 4.79 Å². The van der Waals surface area contributed by atoms with Crippen molar-refractivity contribution in [2.24, 2.45) is 23.2 Å². The molecule has 0 rings (SSSR count). The molecule has 0 spiro atoms. The highest BCUT2D eigenvalue weighted by molar-refractivity contribution is 7.81. The number of aliphatic carboxylic acids is 1. The Bertz CT molecular complexity index is 405. The maximum Gasteiger partial charge on any atom is 0.310 e. The van der Waals surface area contributed by atoms with Gasteiger partial charge in [0.05, 0.1) is 5.41 Å². The first-order valence-electron chi connectivity index (χ1n) is 13.3. The summed E-state index contributed by atoms with van der Waals surface area (Å²) in [4.78, 5) is 12.9. The number of carboxylic acid groups (broad SMARTS) is 1. The van der Waals surface area contributed by atoms with Gasteiger partial charge in [-0.15, -0.1) is 0 Å². The molecule has 0 radical (unpaired) electrons. The summed E-state index contributed by atoms with van der Waals surface area (Å²) < 4.78 is 0. The van der Waals surface area contributed by atoms with Crippen molar-refractivity contribution in [3.63, 3.8) is 0 Å². The van der Waals surface area contributed by atoms with Gasteiger partial charge in [-0.1, -0.05) is 119 Å². The average Bonchev–Trinajstić information content (AvgIpc) is 2.75. The van der Waals surface area contributed by atoms with Gasteiger partial charge in [0.15, 0.2) is 0 Å². The second-order valence-corrected chi connectivity index (χ2v) is 10.5. The standard InChI is InChI=1S/C27H54O2S/c1-7-13-16-22(10-4)19-25(30)27(26(28)29,20-23(11-5)17-14-8-2)21-24(12-6)18-15-9-3/h22-25,30H,7-21H2,1-6H3,(H,28,29). The van der Waals surface area contributed by atoms with Crippen LogP contribution >= 0.6 is 12.6 Å². The molecular weight excluding hydrogens is 388 g/mol. The van der Waals surface area contributed by atoms with E-state index in [4.69, 9.17) is 12.6 Å². The Morgan fingerprint density at radius 3 is 1.40 bits per heavy atom. The van der Waals surface area contributed by atoms with Gasteiger partial charge < -0.3 is 5.11 Å². The first kappa shape index (κ1) is 29.8. The smallest absolute Gasteiger partial charge is 0.310 e. The molecule has 0 saturated carbocycles. The Morgan fingerprint density at radius 1 is 0.733 bits per heavy atom. The molecule has 4 unspecified atom stereocenters. The van der Waals surface area contributed by atoms with E-state index in [0.29, 0.717) is 17.8 Å². The zero-order chi connectivity index (χ0) is 23.0. The van der Waals surface area contributed by atoms with Crippen molar-refractivity contribution >= 4 is 18.6 Å². The maximum absolute atomic E-state index is 12.9. The van der Waals surface area contributed by atoms with Gasteiger partial charge in [0.25, 0.3) is 0 Å². The van der Waals surface area contributed by atoms with Crippen LogP contribution in [0.1, 0.15) is 138 Å². The van der Waals surface area contributed by atoms with Crippen LogP contribution in [0.15, 0.2) is 0 Å².